The third-order valence-corrected chi connectivity index (χ3v) is 4.62. The van der Waals surface area contributed by atoms with Crippen molar-refractivity contribution < 1.29 is 24.0 Å². The van der Waals surface area contributed by atoms with Gasteiger partial charge in [0.1, 0.15) is 5.75 Å². The molecule has 0 aliphatic carbocycles. The Kier molecular flexibility index (Phi) is 7.30. The van der Waals surface area contributed by atoms with Gasteiger partial charge in [0, 0.05) is 41.2 Å². The Hall–Kier alpha value is -3.42. The molecule has 0 atom stereocenters. The lowest BCUT2D eigenvalue weighted by molar-refractivity contribution is -0.384. The van der Waals surface area contributed by atoms with Gasteiger partial charge in [-0.15, -0.1) is 6.58 Å². The first-order chi connectivity index (χ1) is 13.8. The minimum absolute atomic E-state index is 0.0466. The van der Waals surface area contributed by atoms with Crippen molar-refractivity contribution in [3.05, 3.63) is 69.5 Å². The number of esters is 1. The molecule has 0 spiro atoms. The summed E-state index contributed by atoms with van der Waals surface area (Å²) < 4.78 is 12.2. The molecule has 0 N–H and O–H groups in total. The van der Waals surface area contributed by atoms with Crippen LogP contribution in [-0.4, -0.2) is 35.0 Å². The molecule has 0 aliphatic heterocycles. The van der Waals surface area contributed by atoms with Gasteiger partial charge in [-0.3, -0.25) is 19.7 Å². The van der Waals surface area contributed by atoms with E-state index in [1.165, 1.54) is 25.3 Å². The van der Waals surface area contributed by atoms with Crippen LogP contribution in [0.4, 0.5) is 5.69 Å². The Balaban J connectivity index is 2.14. The number of ether oxygens (including phenoxy) is 2. The van der Waals surface area contributed by atoms with Crippen molar-refractivity contribution in [3.8, 4) is 5.75 Å². The zero-order valence-corrected chi connectivity index (χ0v) is 16.8. The van der Waals surface area contributed by atoms with E-state index in [0.717, 1.165) is 11.4 Å². The van der Waals surface area contributed by atoms with E-state index in [1.807, 2.05) is 18.4 Å². The number of hydrogen-bond acceptors (Lipinski definition) is 6. The minimum Gasteiger partial charge on any atom is -0.485 e. The molecule has 0 unspecified atom stereocenters. The molecule has 1 aromatic carbocycles. The van der Waals surface area contributed by atoms with Crippen molar-refractivity contribution in [2.75, 3.05) is 13.7 Å². The third kappa shape index (κ3) is 5.31. The van der Waals surface area contributed by atoms with Crippen LogP contribution in [-0.2, 0) is 22.5 Å². The highest BCUT2D eigenvalue weighted by molar-refractivity contribution is 5.98. The fraction of sp³-hybridized carbons (Fsp3) is 0.333. The summed E-state index contributed by atoms with van der Waals surface area (Å²) in [6.45, 7) is 7.54. The number of Topliss-reactive ketones (excluding diaryl/α,β-unsaturated/α-hetero) is 1. The number of rotatable bonds is 10. The van der Waals surface area contributed by atoms with Crippen molar-refractivity contribution in [1.29, 1.82) is 0 Å². The first-order valence-electron chi connectivity index (χ1n) is 9.06. The van der Waals surface area contributed by atoms with E-state index in [9.17, 15) is 19.7 Å². The van der Waals surface area contributed by atoms with E-state index >= 15 is 0 Å². The fourth-order valence-corrected chi connectivity index (χ4v) is 3.09. The van der Waals surface area contributed by atoms with E-state index in [4.69, 9.17) is 4.74 Å². The van der Waals surface area contributed by atoms with Crippen LogP contribution >= 0.6 is 0 Å². The van der Waals surface area contributed by atoms with Crippen LogP contribution < -0.4 is 4.74 Å². The second-order valence-corrected chi connectivity index (χ2v) is 6.52. The lowest BCUT2D eigenvalue weighted by Gasteiger charge is -2.11. The van der Waals surface area contributed by atoms with Crippen LogP contribution in [0.3, 0.4) is 0 Å². The predicted octanol–water partition coefficient (Wildman–Crippen LogP) is 3.57. The summed E-state index contributed by atoms with van der Waals surface area (Å²) in [5.41, 5.74) is 2.66. The van der Waals surface area contributed by atoms with Crippen molar-refractivity contribution in [2.45, 2.75) is 33.2 Å². The number of aryl methyl sites for hydroxylation is 1. The molecule has 2 aromatic rings. The van der Waals surface area contributed by atoms with Crippen LogP contribution in [0.15, 0.2) is 36.9 Å². The molecule has 29 heavy (non-hydrogen) atoms. The number of nitrogens with zero attached hydrogens (tertiary/aromatic N) is 2. The molecule has 0 bridgehead atoms. The first kappa shape index (κ1) is 21.9. The van der Waals surface area contributed by atoms with Crippen LogP contribution in [0.25, 0.3) is 0 Å². The summed E-state index contributed by atoms with van der Waals surface area (Å²) in [5, 5.41) is 11.0. The highest BCUT2D eigenvalue weighted by atomic mass is 16.6. The second kappa shape index (κ2) is 9.68. The van der Waals surface area contributed by atoms with E-state index in [0.29, 0.717) is 29.8 Å². The summed E-state index contributed by atoms with van der Waals surface area (Å²) in [6, 6.07) is 6.01. The summed E-state index contributed by atoms with van der Waals surface area (Å²) in [4.78, 5) is 34.6. The van der Waals surface area contributed by atoms with Gasteiger partial charge >= 0.3 is 5.97 Å². The van der Waals surface area contributed by atoms with Gasteiger partial charge in [-0.05, 0) is 32.4 Å². The number of carbonyl (C=O) groups excluding carboxylic acids is 2. The number of nitro groups is 1. The number of nitro benzene ring substituents is 1. The van der Waals surface area contributed by atoms with Crippen LogP contribution in [0, 0.1) is 24.0 Å². The molecule has 1 aromatic heterocycles. The quantitative estimate of drug-likeness (QED) is 0.199. The van der Waals surface area contributed by atoms with Gasteiger partial charge in [0.15, 0.2) is 6.61 Å². The second-order valence-electron chi connectivity index (χ2n) is 6.52. The number of allylic oxidation sites excluding steroid dienone is 1. The summed E-state index contributed by atoms with van der Waals surface area (Å²) in [5.74, 6) is -0.129. The number of ketones is 1. The summed E-state index contributed by atoms with van der Waals surface area (Å²) in [7, 11) is 1.34. The molecule has 2 rings (SSSR count). The largest absolute Gasteiger partial charge is 0.485 e. The van der Waals surface area contributed by atoms with Crippen molar-refractivity contribution in [3.63, 3.8) is 0 Å². The zero-order chi connectivity index (χ0) is 21.6. The standard InChI is InChI=1S/C21H24N2O6/c1-5-6-16-12-17(23(26)27)7-8-20(16)29-13-19(24)18-11-14(2)22(15(18)3)10-9-21(25)28-4/h5,7-8,11-12H,1,6,9-10,13H2,2-4H3. The Morgan fingerprint density at radius 3 is 2.62 bits per heavy atom. The van der Waals surface area contributed by atoms with Crippen molar-refractivity contribution in [1.82, 2.24) is 4.57 Å². The Labute approximate surface area is 168 Å². The van der Waals surface area contributed by atoms with Gasteiger partial charge in [-0.2, -0.15) is 0 Å². The smallest absolute Gasteiger partial charge is 0.307 e. The maximum Gasteiger partial charge on any atom is 0.307 e. The first-order valence-corrected chi connectivity index (χ1v) is 9.06. The molecule has 8 nitrogen and oxygen atoms in total. The number of aromatic nitrogens is 1. The molecular formula is C21H24N2O6. The molecule has 0 radical (unpaired) electrons. The molecule has 0 saturated carbocycles. The number of methoxy groups -OCH3 is 1. The maximum absolute atomic E-state index is 12.7. The number of non-ortho nitro benzene ring substituents is 1. The lowest BCUT2D eigenvalue weighted by atomic mass is 10.1. The highest BCUT2D eigenvalue weighted by Gasteiger charge is 2.18. The van der Waals surface area contributed by atoms with Crippen molar-refractivity contribution in [2.24, 2.45) is 0 Å². The van der Waals surface area contributed by atoms with Crippen molar-refractivity contribution >= 4 is 17.4 Å². The SMILES string of the molecule is C=CCc1cc([N+](=O)[O-])ccc1OCC(=O)c1cc(C)n(CCC(=O)OC)c1C. The Morgan fingerprint density at radius 2 is 2.00 bits per heavy atom. The van der Waals surface area contributed by atoms with Gasteiger partial charge in [0.2, 0.25) is 5.78 Å². The molecule has 0 amide bonds. The molecule has 8 heteroatoms. The minimum atomic E-state index is -0.481. The Bertz CT molecular complexity index is 945. The zero-order valence-electron chi connectivity index (χ0n) is 16.8. The van der Waals surface area contributed by atoms with Gasteiger partial charge in [-0.1, -0.05) is 6.08 Å². The lowest BCUT2D eigenvalue weighted by Crippen LogP contribution is -2.14. The summed E-state index contributed by atoms with van der Waals surface area (Å²) >= 11 is 0. The topological polar surface area (TPSA) is 101 Å². The van der Waals surface area contributed by atoms with Crippen LogP contribution in [0.2, 0.25) is 0 Å². The van der Waals surface area contributed by atoms with E-state index in [-0.39, 0.29) is 30.5 Å². The van der Waals surface area contributed by atoms with E-state index < -0.39 is 4.92 Å². The number of hydrogen-bond donors (Lipinski definition) is 0. The fourth-order valence-electron chi connectivity index (χ4n) is 3.09. The van der Waals surface area contributed by atoms with E-state index in [1.54, 1.807) is 12.1 Å². The molecule has 1 heterocycles. The van der Waals surface area contributed by atoms with Gasteiger partial charge in [-0.25, -0.2) is 0 Å². The molecule has 0 saturated heterocycles. The number of carbonyl (C=O) groups is 2. The van der Waals surface area contributed by atoms with Gasteiger partial charge in [0.25, 0.3) is 5.69 Å². The molecule has 154 valence electrons. The predicted molar refractivity (Wildman–Crippen MR) is 107 cm³/mol. The van der Waals surface area contributed by atoms with Crippen LogP contribution in [0.1, 0.15) is 33.7 Å². The highest BCUT2D eigenvalue weighted by Crippen LogP contribution is 2.25. The Morgan fingerprint density at radius 1 is 1.28 bits per heavy atom. The maximum atomic E-state index is 12.7. The third-order valence-electron chi connectivity index (χ3n) is 4.62. The van der Waals surface area contributed by atoms with E-state index in [2.05, 4.69) is 11.3 Å². The van der Waals surface area contributed by atoms with Gasteiger partial charge < -0.3 is 14.0 Å². The average Bonchev–Trinajstić information content (AvgIpc) is 2.98. The number of benzene rings is 1. The van der Waals surface area contributed by atoms with Gasteiger partial charge in [0.05, 0.1) is 18.5 Å². The normalized spacial score (nSPS) is 10.4. The molecule has 0 aliphatic rings. The molecule has 0 fully saturated rings. The summed E-state index contributed by atoms with van der Waals surface area (Å²) in [6.07, 6.45) is 2.21. The molecular weight excluding hydrogens is 376 g/mol. The average molecular weight is 400 g/mol. The van der Waals surface area contributed by atoms with Crippen LogP contribution in [0.5, 0.6) is 5.75 Å². The monoisotopic (exact) mass is 400 g/mol.